The van der Waals surface area contributed by atoms with Crippen molar-refractivity contribution >= 4 is 5.69 Å². The molecule has 1 fully saturated rings. The molecule has 0 amide bonds. The third kappa shape index (κ3) is 4.54. The number of hydrogen-bond acceptors (Lipinski definition) is 2. The van der Waals surface area contributed by atoms with Crippen LogP contribution < -0.4 is 5.32 Å². The van der Waals surface area contributed by atoms with Crippen LogP contribution in [0.5, 0.6) is 0 Å². The van der Waals surface area contributed by atoms with Gasteiger partial charge in [0.05, 0.1) is 6.61 Å². The van der Waals surface area contributed by atoms with Crippen LogP contribution in [0.2, 0.25) is 0 Å². The van der Waals surface area contributed by atoms with Gasteiger partial charge in [-0.3, -0.25) is 0 Å². The first-order valence-corrected chi connectivity index (χ1v) is 7.63. The van der Waals surface area contributed by atoms with E-state index < -0.39 is 0 Å². The molecule has 0 aliphatic heterocycles. The van der Waals surface area contributed by atoms with E-state index in [2.05, 4.69) is 31.3 Å². The van der Waals surface area contributed by atoms with Crippen LogP contribution in [-0.2, 0) is 6.61 Å². The molecular weight excluding hydrogens is 234 g/mol. The van der Waals surface area contributed by atoms with Crippen LogP contribution in [0.1, 0.15) is 51.5 Å². The monoisotopic (exact) mass is 261 g/mol. The lowest BCUT2D eigenvalue weighted by Crippen LogP contribution is -2.27. The van der Waals surface area contributed by atoms with Gasteiger partial charge in [0, 0.05) is 11.7 Å². The highest BCUT2D eigenvalue weighted by Gasteiger charge is 2.22. The molecule has 19 heavy (non-hydrogen) atoms. The lowest BCUT2D eigenvalue weighted by molar-refractivity contribution is 0.282. The molecule has 0 radical (unpaired) electrons. The molecule has 106 valence electrons. The van der Waals surface area contributed by atoms with Gasteiger partial charge in [-0.15, -0.1) is 0 Å². The van der Waals surface area contributed by atoms with Gasteiger partial charge < -0.3 is 10.4 Å². The van der Waals surface area contributed by atoms with E-state index in [0.29, 0.717) is 6.04 Å². The fourth-order valence-corrected chi connectivity index (χ4v) is 3.24. The molecule has 2 heteroatoms. The van der Waals surface area contributed by atoms with Crippen molar-refractivity contribution in [3.05, 3.63) is 29.8 Å². The Morgan fingerprint density at radius 3 is 2.58 bits per heavy atom. The van der Waals surface area contributed by atoms with Crippen molar-refractivity contribution in [2.75, 3.05) is 5.32 Å². The summed E-state index contributed by atoms with van der Waals surface area (Å²) in [5.41, 5.74) is 2.17. The molecule has 1 aliphatic rings. The van der Waals surface area contributed by atoms with Crippen LogP contribution in [0, 0.1) is 11.8 Å². The van der Waals surface area contributed by atoms with Crippen molar-refractivity contribution in [3.8, 4) is 0 Å². The van der Waals surface area contributed by atoms with Gasteiger partial charge in [0.1, 0.15) is 0 Å². The summed E-state index contributed by atoms with van der Waals surface area (Å²) in [5.74, 6) is 1.70. The predicted octanol–water partition coefficient (Wildman–Crippen LogP) is 4.20. The predicted molar refractivity (Wildman–Crippen MR) is 81.2 cm³/mol. The van der Waals surface area contributed by atoms with Gasteiger partial charge in [-0.25, -0.2) is 0 Å². The molecule has 0 aromatic heterocycles. The van der Waals surface area contributed by atoms with Gasteiger partial charge in [0.15, 0.2) is 0 Å². The van der Waals surface area contributed by atoms with E-state index in [1.54, 1.807) is 0 Å². The molecule has 0 bridgehead atoms. The lowest BCUT2D eigenvalue weighted by atomic mass is 9.81. The molecule has 0 saturated heterocycles. The average Bonchev–Trinajstić information content (AvgIpc) is 2.39. The summed E-state index contributed by atoms with van der Waals surface area (Å²) in [4.78, 5) is 0. The maximum atomic E-state index is 9.05. The van der Waals surface area contributed by atoms with E-state index in [9.17, 15) is 0 Å². The van der Waals surface area contributed by atoms with E-state index in [1.807, 2.05) is 12.1 Å². The summed E-state index contributed by atoms with van der Waals surface area (Å²) in [5, 5.41) is 12.7. The smallest absolute Gasteiger partial charge is 0.0681 e. The molecule has 1 saturated carbocycles. The zero-order chi connectivity index (χ0) is 13.7. The number of aliphatic hydroxyl groups is 1. The summed E-state index contributed by atoms with van der Waals surface area (Å²) in [6, 6.07) is 8.78. The van der Waals surface area contributed by atoms with E-state index >= 15 is 0 Å². The van der Waals surface area contributed by atoms with Crippen molar-refractivity contribution < 1.29 is 5.11 Å². The normalized spacial score (nSPS) is 23.6. The highest BCUT2D eigenvalue weighted by atomic mass is 16.3. The molecule has 2 atom stereocenters. The molecule has 1 aromatic carbocycles. The van der Waals surface area contributed by atoms with E-state index in [1.165, 1.54) is 37.8 Å². The molecule has 1 aromatic rings. The summed E-state index contributed by atoms with van der Waals surface area (Å²) in [7, 11) is 0. The molecule has 0 heterocycles. The Morgan fingerprint density at radius 1 is 1.21 bits per heavy atom. The van der Waals surface area contributed by atoms with Crippen LogP contribution in [-0.4, -0.2) is 11.1 Å². The summed E-state index contributed by atoms with van der Waals surface area (Å²) >= 11 is 0. The molecule has 2 unspecified atom stereocenters. The SMILES string of the molecule is CC(C)CC1CCCC(Nc2ccc(CO)cc2)C1. The Bertz CT molecular complexity index is 371. The molecular formula is C17H27NO. The van der Waals surface area contributed by atoms with Crippen molar-refractivity contribution in [3.63, 3.8) is 0 Å². The topological polar surface area (TPSA) is 32.3 Å². The van der Waals surface area contributed by atoms with E-state index in [-0.39, 0.29) is 6.61 Å². The largest absolute Gasteiger partial charge is 0.392 e. The molecule has 2 nitrogen and oxygen atoms in total. The number of aliphatic hydroxyl groups excluding tert-OH is 1. The number of benzene rings is 1. The average molecular weight is 261 g/mol. The first-order chi connectivity index (χ1) is 9.17. The van der Waals surface area contributed by atoms with Gasteiger partial charge in [-0.05, 0) is 48.8 Å². The first-order valence-electron chi connectivity index (χ1n) is 7.63. The van der Waals surface area contributed by atoms with Gasteiger partial charge in [0.25, 0.3) is 0 Å². The molecule has 2 rings (SSSR count). The van der Waals surface area contributed by atoms with Crippen LogP contribution in [0.3, 0.4) is 0 Å². The van der Waals surface area contributed by atoms with Gasteiger partial charge in [-0.1, -0.05) is 38.8 Å². The Hall–Kier alpha value is -1.02. The second-order valence-corrected chi connectivity index (χ2v) is 6.36. The fraction of sp³-hybridized carbons (Fsp3) is 0.647. The van der Waals surface area contributed by atoms with Gasteiger partial charge >= 0.3 is 0 Å². The van der Waals surface area contributed by atoms with Crippen molar-refractivity contribution in [1.29, 1.82) is 0 Å². The second-order valence-electron chi connectivity index (χ2n) is 6.36. The molecule has 1 aliphatic carbocycles. The standard InChI is InChI=1S/C17H27NO/c1-13(2)10-15-4-3-5-17(11-15)18-16-8-6-14(12-19)7-9-16/h6-9,13,15,17-19H,3-5,10-12H2,1-2H3. The van der Waals surface area contributed by atoms with Crippen LogP contribution in [0.4, 0.5) is 5.69 Å². The zero-order valence-electron chi connectivity index (χ0n) is 12.2. The Kier molecular flexibility index (Phi) is 5.26. The quantitative estimate of drug-likeness (QED) is 0.832. The molecule has 0 spiro atoms. The number of nitrogens with one attached hydrogen (secondary N) is 1. The van der Waals surface area contributed by atoms with Crippen LogP contribution in [0.15, 0.2) is 24.3 Å². The lowest BCUT2D eigenvalue weighted by Gasteiger charge is -2.31. The summed E-state index contributed by atoms with van der Waals surface area (Å²) < 4.78 is 0. The minimum absolute atomic E-state index is 0.125. The highest BCUT2D eigenvalue weighted by Crippen LogP contribution is 2.31. The van der Waals surface area contributed by atoms with Crippen LogP contribution >= 0.6 is 0 Å². The van der Waals surface area contributed by atoms with E-state index in [4.69, 9.17) is 5.11 Å². The van der Waals surface area contributed by atoms with Crippen LogP contribution in [0.25, 0.3) is 0 Å². The fourth-order valence-electron chi connectivity index (χ4n) is 3.24. The number of hydrogen-bond donors (Lipinski definition) is 2. The zero-order valence-corrected chi connectivity index (χ0v) is 12.2. The van der Waals surface area contributed by atoms with Crippen molar-refractivity contribution in [2.24, 2.45) is 11.8 Å². The Labute approximate surface area is 117 Å². The molecule has 2 N–H and O–H groups in total. The van der Waals surface area contributed by atoms with E-state index in [0.717, 1.165) is 17.4 Å². The minimum atomic E-state index is 0.125. The maximum absolute atomic E-state index is 9.05. The highest BCUT2D eigenvalue weighted by molar-refractivity contribution is 5.45. The Morgan fingerprint density at radius 2 is 1.95 bits per heavy atom. The first kappa shape index (κ1) is 14.4. The third-order valence-electron chi connectivity index (χ3n) is 4.09. The number of rotatable bonds is 5. The summed E-state index contributed by atoms with van der Waals surface area (Å²) in [6.07, 6.45) is 6.71. The minimum Gasteiger partial charge on any atom is -0.392 e. The van der Waals surface area contributed by atoms with Gasteiger partial charge in [-0.2, -0.15) is 0 Å². The van der Waals surface area contributed by atoms with Gasteiger partial charge in [0.2, 0.25) is 0 Å². The second kappa shape index (κ2) is 6.95. The van der Waals surface area contributed by atoms with Crippen molar-refractivity contribution in [2.45, 2.75) is 58.6 Å². The Balaban J connectivity index is 1.87. The third-order valence-corrected chi connectivity index (χ3v) is 4.09. The maximum Gasteiger partial charge on any atom is 0.0681 e. The number of anilines is 1. The van der Waals surface area contributed by atoms with Crippen molar-refractivity contribution in [1.82, 2.24) is 0 Å². The summed E-state index contributed by atoms with van der Waals surface area (Å²) in [6.45, 7) is 4.77.